The molecule has 2 unspecified atom stereocenters. The lowest BCUT2D eigenvalue weighted by Crippen LogP contribution is -2.22. The fraction of sp³-hybridized carbons (Fsp3) is 0.900. The lowest BCUT2D eigenvalue weighted by Gasteiger charge is -2.22. The second-order valence-electron chi connectivity index (χ2n) is 7.58. The Morgan fingerprint density at radius 3 is 2.48 bits per heavy atom. The topological polar surface area (TPSA) is 94.8 Å². The molecule has 1 rings (SSSR count). The number of aliphatic carboxylic acids is 1. The second kappa shape index (κ2) is 12.4. The van der Waals surface area contributed by atoms with E-state index in [2.05, 4.69) is 6.92 Å². The van der Waals surface area contributed by atoms with Gasteiger partial charge in [-0.2, -0.15) is 0 Å². The lowest BCUT2D eigenvalue weighted by molar-refractivity contribution is -0.137. The molecule has 3 N–H and O–H groups in total. The summed E-state index contributed by atoms with van der Waals surface area (Å²) in [5, 5.41) is 28.9. The van der Waals surface area contributed by atoms with E-state index in [9.17, 15) is 19.8 Å². The average molecular weight is 357 g/mol. The predicted octanol–water partition coefficient (Wildman–Crippen LogP) is 3.70. The van der Waals surface area contributed by atoms with Gasteiger partial charge in [0.1, 0.15) is 5.78 Å². The van der Waals surface area contributed by atoms with Crippen LogP contribution in [0.5, 0.6) is 0 Å². The quantitative estimate of drug-likeness (QED) is 0.413. The van der Waals surface area contributed by atoms with Crippen molar-refractivity contribution >= 4 is 11.8 Å². The molecular weight excluding hydrogens is 320 g/mol. The van der Waals surface area contributed by atoms with Crippen LogP contribution in [0, 0.1) is 11.8 Å². The smallest absolute Gasteiger partial charge is 0.303 e. The van der Waals surface area contributed by atoms with Gasteiger partial charge in [0, 0.05) is 18.8 Å². The summed E-state index contributed by atoms with van der Waals surface area (Å²) in [6.07, 6.45) is 9.21. The van der Waals surface area contributed by atoms with Gasteiger partial charge in [0.2, 0.25) is 0 Å². The summed E-state index contributed by atoms with van der Waals surface area (Å²) in [5.74, 6) is -0.708. The highest BCUT2D eigenvalue weighted by atomic mass is 16.4. The van der Waals surface area contributed by atoms with Crippen LogP contribution in [0.3, 0.4) is 0 Å². The molecular formula is C20H36O5. The van der Waals surface area contributed by atoms with Crippen molar-refractivity contribution in [3.8, 4) is 0 Å². The van der Waals surface area contributed by atoms with Crippen molar-refractivity contribution in [1.82, 2.24) is 0 Å². The van der Waals surface area contributed by atoms with Crippen LogP contribution in [0.1, 0.15) is 90.4 Å². The predicted molar refractivity (Wildman–Crippen MR) is 97.3 cm³/mol. The van der Waals surface area contributed by atoms with Gasteiger partial charge in [-0.05, 0) is 38.0 Å². The summed E-state index contributed by atoms with van der Waals surface area (Å²) in [6, 6.07) is 0. The third kappa shape index (κ3) is 8.82. The summed E-state index contributed by atoms with van der Waals surface area (Å²) >= 11 is 0. The number of unbranched alkanes of at least 4 members (excludes halogenated alkanes) is 5. The zero-order chi connectivity index (χ0) is 18.7. The van der Waals surface area contributed by atoms with Crippen molar-refractivity contribution < 1.29 is 24.9 Å². The zero-order valence-electron chi connectivity index (χ0n) is 15.7. The van der Waals surface area contributed by atoms with Crippen LogP contribution >= 0.6 is 0 Å². The first-order valence-electron chi connectivity index (χ1n) is 10.1. The standard InChI is InChI=1S/C20H36O5/c1-2-3-6-9-15(21)12-13-17-16(18(22)14-19(17)23)10-7-4-5-8-11-20(24)25/h15-17,19,21,23H,2-14H2,1H3,(H,24,25)/t15-,16?,17-,19?/m1/s1. The second-order valence-corrected chi connectivity index (χ2v) is 7.58. The maximum Gasteiger partial charge on any atom is 0.303 e. The minimum atomic E-state index is -0.758. The van der Waals surface area contributed by atoms with Gasteiger partial charge in [-0.1, -0.05) is 45.4 Å². The molecule has 1 saturated carbocycles. The van der Waals surface area contributed by atoms with Gasteiger partial charge >= 0.3 is 5.97 Å². The number of Topliss-reactive ketones (excluding diaryl/α,β-unsaturated/α-hetero) is 1. The van der Waals surface area contributed by atoms with E-state index in [4.69, 9.17) is 5.11 Å². The highest BCUT2D eigenvalue weighted by Crippen LogP contribution is 2.36. The number of carboxylic acids is 1. The average Bonchev–Trinajstić information content (AvgIpc) is 2.82. The first-order valence-corrected chi connectivity index (χ1v) is 10.1. The number of ketones is 1. The van der Waals surface area contributed by atoms with E-state index in [-0.39, 0.29) is 36.6 Å². The molecule has 0 saturated heterocycles. The molecule has 0 aromatic heterocycles. The number of hydrogen-bond donors (Lipinski definition) is 3. The van der Waals surface area contributed by atoms with E-state index < -0.39 is 12.1 Å². The van der Waals surface area contributed by atoms with E-state index in [1.54, 1.807) is 0 Å². The minimum Gasteiger partial charge on any atom is -0.481 e. The minimum absolute atomic E-state index is 0.0210. The fourth-order valence-electron chi connectivity index (χ4n) is 3.94. The molecule has 25 heavy (non-hydrogen) atoms. The third-order valence-corrected chi connectivity index (χ3v) is 5.46. The third-order valence-electron chi connectivity index (χ3n) is 5.46. The molecule has 0 radical (unpaired) electrons. The maximum atomic E-state index is 12.2. The van der Waals surface area contributed by atoms with Crippen molar-refractivity contribution in [3.63, 3.8) is 0 Å². The number of aliphatic hydroxyl groups is 2. The van der Waals surface area contributed by atoms with Gasteiger partial charge in [0.05, 0.1) is 12.2 Å². The van der Waals surface area contributed by atoms with Crippen LogP contribution in [0.2, 0.25) is 0 Å². The lowest BCUT2D eigenvalue weighted by atomic mass is 9.85. The SMILES string of the molecule is CCCCC[C@@H](O)CC[C@H]1C(O)CC(=O)C1CCCCCCC(=O)O. The molecule has 5 heteroatoms. The van der Waals surface area contributed by atoms with Gasteiger partial charge in [-0.15, -0.1) is 0 Å². The normalized spacial score (nSPS) is 24.6. The molecule has 1 fully saturated rings. The van der Waals surface area contributed by atoms with Gasteiger partial charge in [-0.3, -0.25) is 9.59 Å². The Labute approximate surface area is 151 Å². The monoisotopic (exact) mass is 356 g/mol. The molecule has 0 aromatic rings. The van der Waals surface area contributed by atoms with Crippen LogP contribution < -0.4 is 0 Å². The highest BCUT2D eigenvalue weighted by molar-refractivity contribution is 5.84. The number of rotatable bonds is 14. The summed E-state index contributed by atoms with van der Waals surface area (Å²) in [5.41, 5.74) is 0. The van der Waals surface area contributed by atoms with E-state index in [1.807, 2.05) is 0 Å². The molecule has 0 aliphatic heterocycles. The van der Waals surface area contributed by atoms with E-state index in [1.165, 1.54) is 0 Å². The largest absolute Gasteiger partial charge is 0.481 e. The number of carboxylic acid groups (broad SMARTS) is 1. The van der Waals surface area contributed by atoms with E-state index >= 15 is 0 Å². The number of carbonyl (C=O) groups excluding carboxylic acids is 1. The molecule has 0 spiro atoms. The number of carbonyl (C=O) groups is 2. The first-order chi connectivity index (χ1) is 12.0. The first kappa shape index (κ1) is 22.1. The summed E-state index contributed by atoms with van der Waals surface area (Å²) < 4.78 is 0. The molecule has 5 nitrogen and oxygen atoms in total. The van der Waals surface area contributed by atoms with Crippen molar-refractivity contribution in [1.29, 1.82) is 0 Å². The number of aliphatic hydroxyl groups excluding tert-OH is 2. The van der Waals surface area contributed by atoms with Crippen LogP contribution in [-0.4, -0.2) is 39.3 Å². The zero-order valence-corrected chi connectivity index (χ0v) is 15.7. The molecule has 4 atom stereocenters. The van der Waals surface area contributed by atoms with Gasteiger partial charge in [0.15, 0.2) is 0 Å². The van der Waals surface area contributed by atoms with Gasteiger partial charge in [-0.25, -0.2) is 0 Å². The Hall–Kier alpha value is -0.940. The van der Waals surface area contributed by atoms with Crippen molar-refractivity contribution in [3.05, 3.63) is 0 Å². The molecule has 0 aromatic carbocycles. The fourth-order valence-corrected chi connectivity index (χ4v) is 3.94. The van der Waals surface area contributed by atoms with Crippen LogP contribution in [0.25, 0.3) is 0 Å². The summed E-state index contributed by atoms with van der Waals surface area (Å²) in [6.45, 7) is 2.14. The Bertz CT molecular complexity index is 396. The molecule has 1 aliphatic carbocycles. The molecule has 1 aliphatic rings. The van der Waals surface area contributed by atoms with Gasteiger partial charge < -0.3 is 15.3 Å². The molecule has 146 valence electrons. The Balaban J connectivity index is 2.30. The Kier molecular flexibility index (Phi) is 11.0. The van der Waals surface area contributed by atoms with Crippen LogP contribution in [0.4, 0.5) is 0 Å². The van der Waals surface area contributed by atoms with Crippen molar-refractivity contribution in [2.75, 3.05) is 0 Å². The van der Waals surface area contributed by atoms with Crippen molar-refractivity contribution in [2.45, 2.75) is 103 Å². The Morgan fingerprint density at radius 1 is 1.08 bits per heavy atom. The van der Waals surface area contributed by atoms with E-state index in [0.29, 0.717) is 19.3 Å². The van der Waals surface area contributed by atoms with E-state index in [0.717, 1.165) is 51.4 Å². The highest BCUT2D eigenvalue weighted by Gasteiger charge is 2.40. The van der Waals surface area contributed by atoms with Crippen LogP contribution in [0.15, 0.2) is 0 Å². The van der Waals surface area contributed by atoms with Crippen molar-refractivity contribution in [2.24, 2.45) is 11.8 Å². The number of hydrogen-bond acceptors (Lipinski definition) is 4. The maximum absolute atomic E-state index is 12.2. The molecule has 0 heterocycles. The summed E-state index contributed by atoms with van der Waals surface area (Å²) in [7, 11) is 0. The van der Waals surface area contributed by atoms with Gasteiger partial charge in [0.25, 0.3) is 0 Å². The Morgan fingerprint density at radius 2 is 1.80 bits per heavy atom. The summed E-state index contributed by atoms with van der Waals surface area (Å²) in [4.78, 5) is 22.6. The molecule has 0 amide bonds. The van der Waals surface area contributed by atoms with Crippen LogP contribution in [-0.2, 0) is 9.59 Å². The molecule has 0 bridgehead atoms.